The minimum Gasteiger partial charge on any atom is -0.493 e. The lowest BCUT2D eigenvalue weighted by molar-refractivity contribution is 0.437. The molecule has 106 valence electrons. The van der Waals surface area contributed by atoms with E-state index in [1.165, 1.54) is 0 Å². The Labute approximate surface area is 129 Å². The van der Waals surface area contributed by atoms with Crippen molar-refractivity contribution < 1.29 is 5.11 Å². The van der Waals surface area contributed by atoms with Crippen LogP contribution in [0.2, 0.25) is 0 Å². The van der Waals surface area contributed by atoms with E-state index in [1.807, 2.05) is 38.1 Å². The monoisotopic (exact) mass is 354 g/mol. The van der Waals surface area contributed by atoms with Gasteiger partial charge in [-0.3, -0.25) is 4.79 Å². The highest BCUT2D eigenvalue weighted by molar-refractivity contribution is 9.10. The first-order valence-corrected chi connectivity index (χ1v) is 7.96. The summed E-state index contributed by atoms with van der Waals surface area (Å²) in [5.41, 5.74) is 0.0647. The van der Waals surface area contributed by atoms with Crippen LogP contribution in [0, 0.1) is 0 Å². The third-order valence-corrected chi connectivity index (χ3v) is 4.80. The topological polar surface area (TPSA) is 66.0 Å². The summed E-state index contributed by atoms with van der Waals surface area (Å²) in [6, 6.07) is 7.83. The third-order valence-electron chi connectivity index (χ3n) is 2.76. The number of aromatic amines is 1. The standard InChI is InChI=1S/C14H15BrN2O2S/c1-8(2)12-13(18)16-11(17-14(12)19)7-20-10-6-4-3-5-9(10)15/h3-6,8H,7H2,1-2H3,(H2,16,17,18,19). The SMILES string of the molecule is CC(C)c1c(O)nc(CSc2ccccc2Br)[nH]c1=O. The molecule has 1 heterocycles. The van der Waals surface area contributed by atoms with Gasteiger partial charge in [-0.2, -0.15) is 4.98 Å². The number of halogens is 1. The molecule has 0 atom stereocenters. The fourth-order valence-corrected chi connectivity index (χ4v) is 3.25. The molecule has 0 saturated heterocycles. The molecule has 0 aliphatic rings. The molecule has 6 heteroatoms. The van der Waals surface area contributed by atoms with E-state index in [9.17, 15) is 9.90 Å². The summed E-state index contributed by atoms with van der Waals surface area (Å²) < 4.78 is 0.996. The van der Waals surface area contributed by atoms with E-state index < -0.39 is 0 Å². The van der Waals surface area contributed by atoms with Gasteiger partial charge >= 0.3 is 0 Å². The van der Waals surface area contributed by atoms with Gasteiger partial charge in [-0.05, 0) is 34.0 Å². The number of aromatic nitrogens is 2. The van der Waals surface area contributed by atoms with Gasteiger partial charge in [0, 0.05) is 9.37 Å². The normalized spacial score (nSPS) is 11.0. The van der Waals surface area contributed by atoms with Gasteiger partial charge in [-0.15, -0.1) is 11.8 Å². The fraction of sp³-hybridized carbons (Fsp3) is 0.286. The van der Waals surface area contributed by atoms with Gasteiger partial charge in [-0.1, -0.05) is 26.0 Å². The van der Waals surface area contributed by atoms with Crippen LogP contribution in [0.3, 0.4) is 0 Å². The number of nitrogens with zero attached hydrogens (tertiary/aromatic N) is 1. The molecule has 0 spiro atoms. The second kappa shape index (κ2) is 6.45. The van der Waals surface area contributed by atoms with Crippen LogP contribution in [0.25, 0.3) is 0 Å². The number of nitrogens with one attached hydrogen (secondary N) is 1. The average molecular weight is 355 g/mol. The molecule has 0 radical (unpaired) electrons. The maximum atomic E-state index is 11.9. The molecule has 20 heavy (non-hydrogen) atoms. The zero-order chi connectivity index (χ0) is 14.7. The van der Waals surface area contributed by atoms with Crippen LogP contribution >= 0.6 is 27.7 Å². The first kappa shape index (κ1) is 15.1. The molecular formula is C14H15BrN2O2S. The maximum absolute atomic E-state index is 11.9. The van der Waals surface area contributed by atoms with Crippen LogP contribution in [0.5, 0.6) is 5.88 Å². The van der Waals surface area contributed by atoms with Crippen LogP contribution in [-0.2, 0) is 5.75 Å². The van der Waals surface area contributed by atoms with Crippen molar-refractivity contribution in [3.63, 3.8) is 0 Å². The Morgan fingerprint density at radius 2 is 2.10 bits per heavy atom. The van der Waals surface area contributed by atoms with E-state index in [1.54, 1.807) is 11.8 Å². The largest absolute Gasteiger partial charge is 0.493 e. The molecule has 2 N–H and O–H groups in total. The van der Waals surface area contributed by atoms with Crippen LogP contribution < -0.4 is 5.56 Å². The fourth-order valence-electron chi connectivity index (χ4n) is 1.81. The minimum absolute atomic E-state index is 0.0591. The third kappa shape index (κ3) is 3.43. The van der Waals surface area contributed by atoms with Gasteiger partial charge in [0.25, 0.3) is 5.56 Å². The van der Waals surface area contributed by atoms with E-state index in [0.29, 0.717) is 17.1 Å². The van der Waals surface area contributed by atoms with Crippen molar-refractivity contribution in [3.05, 3.63) is 50.5 Å². The molecule has 0 fully saturated rings. The summed E-state index contributed by atoms with van der Waals surface area (Å²) in [6.07, 6.45) is 0. The molecule has 0 bridgehead atoms. The van der Waals surface area contributed by atoms with Crippen molar-refractivity contribution in [2.75, 3.05) is 0 Å². The van der Waals surface area contributed by atoms with Gasteiger partial charge in [0.1, 0.15) is 5.82 Å². The Balaban J connectivity index is 2.20. The average Bonchev–Trinajstić information content (AvgIpc) is 2.36. The lowest BCUT2D eigenvalue weighted by atomic mass is 10.1. The van der Waals surface area contributed by atoms with Crippen LogP contribution in [-0.4, -0.2) is 15.1 Å². The van der Waals surface area contributed by atoms with Crippen molar-refractivity contribution in [1.29, 1.82) is 0 Å². The van der Waals surface area contributed by atoms with Crippen LogP contribution in [0.15, 0.2) is 38.4 Å². The highest BCUT2D eigenvalue weighted by Crippen LogP contribution is 2.29. The van der Waals surface area contributed by atoms with Gasteiger partial charge in [0.05, 0.1) is 11.3 Å². The Bertz CT molecular complexity index is 670. The number of hydrogen-bond acceptors (Lipinski definition) is 4. The number of H-pyrrole nitrogens is 1. The van der Waals surface area contributed by atoms with Crippen molar-refractivity contribution in [2.45, 2.75) is 30.4 Å². The number of thioether (sulfide) groups is 1. The number of benzene rings is 1. The zero-order valence-corrected chi connectivity index (χ0v) is 13.6. The van der Waals surface area contributed by atoms with E-state index in [-0.39, 0.29) is 17.4 Å². The van der Waals surface area contributed by atoms with Gasteiger partial charge in [-0.25, -0.2) is 0 Å². The lowest BCUT2D eigenvalue weighted by Crippen LogP contribution is -2.17. The number of hydrogen-bond donors (Lipinski definition) is 2. The second-order valence-electron chi connectivity index (χ2n) is 4.62. The summed E-state index contributed by atoms with van der Waals surface area (Å²) in [5.74, 6) is 0.726. The summed E-state index contributed by atoms with van der Waals surface area (Å²) in [4.78, 5) is 19.8. The Morgan fingerprint density at radius 1 is 1.40 bits per heavy atom. The lowest BCUT2D eigenvalue weighted by Gasteiger charge is -2.08. The summed E-state index contributed by atoms with van der Waals surface area (Å²) in [5, 5.41) is 9.84. The van der Waals surface area contributed by atoms with Gasteiger partial charge < -0.3 is 10.1 Å². The Hall–Kier alpha value is -1.27. The van der Waals surface area contributed by atoms with E-state index in [4.69, 9.17) is 0 Å². The maximum Gasteiger partial charge on any atom is 0.258 e. The molecule has 0 amide bonds. The van der Waals surface area contributed by atoms with Crippen molar-refractivity contribution in [2.24, 2.45) is 0 Å². The molecule has 2 aromatic rings. The molecule has 1 aromatic heterocycles. The molecule has 0 aliphatic heterocycles. The second-order valence-corrected chi connectivity index (χ2v) is 6.50. The molecule has 0 unspecified atom stereocenters. The summed E-state index contributed by atoms with van der Waals surface area (Å²) in [6.45, 7) is 3.70. The predicted octanol–water partition coefficient (Wildman–Crippen LogP) is 3.65. The van der Waals surface area contributed by atoms with Crippen molar-refractivity contribution in [1.82, 2.24) is 9.97 Å². The molecule has 2 rings (SSSR count). The Morgan fingerprint density at radius 3 is 2.70 bits per heavy atom. The minimum atomic E-state index is -0.268. The highest BCUT2D eigenvalue weighted by Gasteiger charge is 2.14. The van der Waals surface area contributed by atoms with E-state index in [2.05, 4.69) is 25.9 Å². The zero-order valence-electron chi connectivity index (χ0n) is 11.2. The van der Waals surface area contributed by atoms with E-state index >= 15 is 0 Å². The molecular weight excluding hydrogens is 340 g/mol. The van der Waals surface area contributed by atoms with E-state index in [0.717, 1.165) is 9.37 Å². The first-order chi connectivity index (χ1) is 9.49. The van der Waals surface area contributed by atoms with Crippen LogP contribution in [0.1, 0.15) is 31.2 Å². The molecule has 0 saturated carbocycles. The Kier molecular flexibility index (Phi) is 4.88. The van der Waals surface area contributed by atoms with Crippen LogP contribution in [0.4, 0.5) is 0 Å². The first-order valence-electron chi connectivity index (χ1n) is 6.18. The highest BCUT2D eigenvalue weighted by atomic mass is 79.9. The van der Waals surface area contributed by atoms with Crippen molar-refractivity contribution >= 4 is 27.7 Å². The smallest absolute Gasteiger partial charge is 0.258 e. The van der Waals surface area contributed by atoms with Gasteiger partial charge in [0.2, 0.25) is 5.88 Å². The number of rotatable bonds is 4. The molecule has 4 nitrogen and oxygen atoms in total. The summed E-state index contributed by atoms with van der Waals surface area (Å²) >= 11 is 5.01. The number of aromatic hydroxyl groups is 1. The van der Waals surface area contributed by atoms with Crippen molar-refractivity contribution in [3.8, 4) is 5.88 Å². The molecule has 1 aromatic carbocycles. The predicted molar refractivity (Wildman–Crippen MR) is 84.3 cm³/mol. The molecule has 0 aliphatic carbocycles. The quantitative estimate of drug-likeness (QED) is 0.822. The van der Waals surface area contributed by atoms with Gasteiger partial charge in [0.15, 0.2) is 0 Å². The summed E-state index contributed by atoms with van der Waals surface area (Å²) in [7, 11) is 0.